The van der Waals surface area contributed by atoms with Gasteiger partial charge in [-0.05, 0) is 19.1 Å². The summed E-state index contributed by atoms with van der Waals surface area (Å²) >= 11 is 0. The van der Waals surface area contributed by atoms with E-state index in [-0.39, 0.29) is 40.0 Å². The molecule has 0 aliphatic rings. The number of hydrogen-bond donors (Lipinski definition) is 2. The Balaban J connectivity index is 0.00000169. The largest absolute Gasteiger partial charge is 0.506 e. The molecule has 72 valence electrons. The lowest BCUT2D eigenvalue weighted by Crippen LogP contribution is -2.01. The van der Waals surface area contributed by atoms with Crippen LogP contribution in [0.1, 0.15) is 27.6 Å². The van der Waals surface area contributed by atoms with Gasteiger partial charge in [0.2, 0.25) is 0 Å². The van der Waals surface area contributed by atoms with Gasteiger partial charge in [-0.2, -0.15) is 0 Å². The van der Waals surface area contributed by atoms with Crippen molar-refractivity contribution < 1.29 is 19.8 Å². The van der Waals surface area contributed by atoms with Crippen LogP contribution in [0.3, 0.4) is 0 Å². The third kappa shape index (κ3) is 2.46. The molecule has 4 nitrogen and oxygen atoms in total. The lowest BCUT2D eigenvalue weighted by molar-refractivity contribution is 0.0693. The normalized spacial score (nSPS) is 8.93. The number of carboxylic acid groups (broad SMARTS) is 1. The predicted molar refractivity (Wildman–Crippen MR) is 53.6 cm³/mol. The second-order valence-electron chi connectivity index (χ2n) is 2.56. The van der Waals surface area contributed by atoms with Gasteiger partial charge in [0.25, 0.3) is 0 Å². The molecule has 0 aromatic heterocycles. The van der Waals surface area contributed by atoms with E-state index in [1.54, 1.807) is 0 Å². The minimum absolute atomic E-state index is 0. The quantitative estimate of drug-likeness (QED) is 0.542. The summed E-state index contributed by atoms with van der Waals surface area (Å²) in [7, 11) is 0. The molecular weight excluding hydrogens is 196 g/mol. The number of benzene rings is 1. The van der Waals surface area contributed by atoms with Crippen molar-refractivity contribution >= 4 is 34.8 Å². The van der Waals surface area contributed by atoms with Crippen molar-refractivity contribution in [2.24, 2.45) is 0 Å². The molecule has 14 heavy (non-hydrogen) atoms. The Morgan fingerprint density at radius 3 is 2.14 bits per heavy atom. The second kappa shape index (κ2) is 4.97. The third-order valence-corrected chi connectivity index (χ3v) is 1.65. The molecule has 0 spiro atoms. The van der Waals surface area contributed by atoms with E-state index in [0.29, 0.717) is 0 Å². The van der Waals surface area contributed by atoms with Crippen molar-refractivity contribution in [2.45, 2.75) is 6.92 Å². The Bertz CT molecular complexity index is 341. The first-order valence-electron chi connectivity index (χ1n) is 3.60. The average Bonchev–Trinajstić information content (AvgIpc) is 2.03. The molecular formula is C9H10MgO4. The van der Waals surface area contributed by atoms with Crippen LogP contribution in [0.15, 0.2) is 18.2 Å². The summed E-state index contributed by atoms with van der Waals surface area (Å²) in [5.74, 6) is -2.08. The molecule has 0 atom stereocenters. The van der Waals surface area contributed by atoms with E-state index < -0.39 is 11.7 Å². The number of Topliss-reactive ketones (excluding diaryl/α,β-unsaturated/α-hetero) is 1. The second-order valence-corrected chi connectivity index (χ2v) is 2.56. The summed E-state index contributed by atoms with van der Waals surface area (Å²) in [6.45, 7) is 1.26. The summed E-state index contributed by atoms with van der Waals surface area (Å²) in [6, 6.07) is 4.04. The van der Waals surface area contributed by atoms with Gasteiger partial charge in [0, 0.05) is 0 Å². The molecule has 0 aliphatic carbocycles. The number of carbonyl (C=O) groups excluding carboxylic acids is 1. The topological polar surface area (TPSA) is 74.6 Å². The highest BCUT2D eigenvalue weighted by atomic mass is 24.3. The van der Waals surface area contributed by atoms with Crippen LogP contribution in [0.4, 0.5) is 0 Å². The van der Waals surface area contributed by atoms with Gasteiger partial charge in [-0.1, -0.05) is 6.07 Å². The van der Waals surface area contributed by atoms with Gasteiger partial charge in [-0.3, -0.25) is 4.79 Å². The highest BCUT2D eigenvalue weighted by Crippen LogP contribution is 2.22. The number of hydrogen-bond acceptors (Lipinski definition) is 3. The van der Waals surface area contributed by atoms with Crippen LogP contribution in [0.2, 0.25) is 0 Å². The van der Waals surface area contributed by atoms with Gasteiger partial charge in [0.05, 0.1) is 5.56 Å². The summed E-state index contributed by atoms with van der Waals surface area (Å²) in [6.07, 6.45) is 0. The molecule has 1 rings (SSSR count). The Morgan fingerprint density at radius 2 is 1.71 bits per heavy atom. The first kappa shape index (κ1) is 12.9. The summed E-state index contributed by atoms with van der Waals surface area (Å²) < 4.78 is 0. The van der Waals surface area contributed by atoms with Crippen molar-refractivity contribution in [1.29, 1.82) is 0 Å². The van der Waals surface area contributed by atoms with E-state index in [1.165, 1.54) is 25.1 Å². The first-order chi connectivity index (χ1) is 6.04. The molecule has 0 aliphatic heterocycles. The summed E-state index contributed by atoms with van der Waals surface area (Å²) in [4.78, 5) is 21.4. The van der Waals surface area contributed by atoms with Crippen molar-refractivity contribution in [1.82, 2.24) is 0 Å². The van der Waals surface area contributed by atoms with Crippen LogP contribution in [-0.2, 0) is 0 Å². The van der Waals surface area contributed by atoms with E-state index in [9.17, 15) is 14.7 Å². The number of para-hydroxylation sites is 1. The number of rotatable bonds is 2. The van der Waals surface area contributed by atoms with Crippen molar-refractivity contribution in [3.8, 4) is 5.75 Å². The monoisotopic (exact) mass is 206 g/mol. The molecule has 0 fully saturated rings. The van der Waals surface area contributed by atoms with Gasteiger partial charge >= 0.3 is 29.0 Å². The lowest BCUT2D eigenvalue weighted by atomic mass is 10.1. The molecule has 0 radical (unpaired) electrons. The number of aromatic hydroxyl groups is 1. The zero-order valence-electron chi connectivity index (χ0n) is 6.94. The van der Waals surface area contributed by atoms with Crippen molar-refractivity contribution in [3.05, 3.63) is 29.3 Å². The smallest absolute Gasteiger partial charge is 0.339 e. The molecule has 0 amide bonds. The maximum absolute atomic E-state index is 10.9. The van der Waals surface area contributed by atoms with Gasteiger partial charge in [-0.25, -0.2) is 4.79 Å². The fourth-order valence-corrected chi connectivity index (χ4v) is 1.00. The highest BCUT2D eigenvalue weighted by molar-refractivity contribution is 6.01. The minimum Gasteiger partial charge on any atom is -0.506 e. The van der Waals surface area contributed by atoms with Crippen LogP contribution in [0.25, 0.3) is 0 Å². The predicted octanol–water partition coefficient (Wildman–Crippen LogP) is 0.377. The Labute approximate surface area is 96.7 Å². The Kier molecular flexibility index (Phi) is 4.59. The minimum atomic E-state index is -1.25. The number of aromatic carboxylic acids is 1. The van der Waals surface area contributed by atoms with Gasteiger partial charge in [0.1, 0.15) is 11.3 Å². The molecule has 2 N–H and O–H groups in total. The number of ketones is 1. The molecule has 0 saturated heterocycles. The lowest BCUT2D eigenvalue weighted by Gasteiger charge is -2.02. The van der Waals surface area contributed by atoms with Crippen LogP contribution in [-0.4, -0.2) is 45.0 Å². The van der Waals surface area contributed by atoms with Gasteiger partial charge < -0.3 is 10.2 Å². The number of carbonyl (C=O) groups is 2. The SMILES string of the molecule is CC(=O)c1cccc(C(=O)O)c1O.[MgH2]. The van der Waals surface area contributed by atoms with E-state index in [2.05, 4.69) is 0 Å². The van der Waals surface area contributed by atoms with E-state index >= 15 is 0 Å². The molecule has 0 bridgehead atoms. The maximum Gasteiger partial charge on any atom is 0.339 e. The fourth-order valence-electron chi connectivity index (χ4n) is 1.00. The number of phenols is 1. The maximum atomic E-state index is 10.9. The zero-order valence-corrected chi connectivity index (χ0v) is 6.94. The number of carboxylic acids is 1. The van der Waals surface area contributed by atoms with Gasteiger partial charge in [0.15, 0.2) is 5.78 Å². The van der Waals surface area contributed by atoms with Gasteiger partial charge in [-0.15, -0.1) is 0 Å². The van der Waals surface area contributed by atoms with Crippen LogP contribution >= 0.6 is 0 Å². The van der Waals surface area contributed by atoms with Crippen molar-refractivity contribution in [3.63, 3.8) is 0 Å². The van der Waals surface area contributed by atoms with Crippen molar-refractivity contribution in [2.75, 3.05) is 0 Å². The standard InChI is InChI=1S/C9H8O4.Mg.2H/c1-5(10)6-3-2-4-7(8(6)11)9(12)13;;;/h2-4,11H,1H3,(H,12,13);;;. The van der Waals surface area contributed by atoms with E-state index in [1.807, 2.05) is 0 Å². The zero-order chi connectivity index (χ0) is 10.0. The fraction of sp³-hybridized carbons (Fsp3) is 0.111. The summed E-state index contributed by atoms with van der Waals surface area (Å²) in [5.41, 5.74) is -0.229. The molecule has 0 saturated carbocycles. The Morgan fingerprint density at radius 1 is 1.21 bits per heavy atom. The highest BCUT2D eigenvalue weighted by Gasteiger charge is 2.14. The van der Waals surface area contributed by atoms with Crippen LogP contribution < -0.4 is 0 Å². The first-order valence-corrected chi connectivity index (χ1v) is 3.60. The molecule has 0 unspecified atom stereocenters. The molecule has 0 heterocycles. The Hall–Kier alpha value is -1.07. The van der Waals surface area contributed by atoms with Crippen LogP contribution in [0.5, 0.6) is 5.75 Å². The van der Waals surface area contributed by atoms with E-state index in [0.717, 1.165) is 0 Å². The molecule has 1 aromatic rings. The van der Waals surface area contributed by atoms with Crippen LogP contribution in [0, 0.1) is 0 Å². The third-order valence-electron chi connectivity index (χ3n) is 1.65. The average molecular weight is 206 g/mol. The summed E-state index contributed by atoms with van der Waals surface area (Å²) in [5, 5.41) is 17.9. The molecule has 1 aromatic carbocycles. The van der Waals surface area contributed by atoms with E-state index in [4.69, 9.17) is 5.11 Å². The molecule has 5 heteroatoms.